The first kappa shape index (κ1) is 8.47. The highest BCUT2D eigenvalue weighted by Crippen LogP contribution is 2.30. The van der Waals surface area contributed by atoms with E-state index in [9.17, 15) is 9.50 Å². The molecular weight excluding hydrogens is 173 g/mol. The van der Waals surface area contributed by atoms with E-state index in [4.69, 9.17) is 10.5 Å². The molecule has 0 saturated heterocycles. The molecule has 2 atom stereocenters. The molecule has 0 spiro atoms. The largest absolute Gasteiger partial charge is 0.490 e. The van der Waals surface area contributed by atoms with E-state index in [-0.39, 0.29) is 12.4 Å². The molecule has 0 bridgehead atoms. The lowest BCUT2D eigenvalue weighted by Gasteiger charge is -2.27. The highest BCUT2D eigenvalue weighted by molar-refractivity contribution is 5.38. The molecule has 0 saturated carbocycles. The number of hydrogen-bond donors (Lipinski definition) is 2. The summed E-state index contributed by atoms with van der Waals surface area (Å²) < 4.78 is 17.9. The van der Waals surface area contributed by atoms with Crippen molar-refractivity contribution in [2.24, 2.45) is 5.73 Å². The van der Waals surface area contributed by atoms with Crippen molar-refractivity contribution in [3.63, 3.8) is 0 Å². The minimum atomic E-state index is -0.710. The molecule has 4 heteroatoms. The third-order valence-corrected chi connectivity index (χ3v) is 2.16. The lowest BCUT2D eigenvalue weighted by molar-refractivity contribution is 0.0676. The van der Waals surface area contributed by atoms with Crippen molar-refractivity contribution in [2.75, 3.05) is 6.61 Å². The molecule has 3 nitrogen and oxygen atoms in total. The number of halogens is 1. The van der Waals surface area contributed by atoms with E-state index >= 15 is 0 Å². The molecule has 0 amide bonds. The van der Waals surface area contributed by atoms with Gasteiger partial charge in [0.1, 0.15) is 24.3 Å². The van der Waals surface area contributed by atoms with Gasteiger partial charge >= 0.3 is 0 Å². The molecule has 0 aromatic heterocycles. The first-order valence-electron chi connectivity index (χ1n) is 4.04. The third-order valence-electron chi connectivity index (χ3n) is 2.16. The number of rotatable bonds is 0. The van der Waals surface area contributed by atoms with Crippen molar-refractivity contribution in [3.05, 3.63) is 29.6 Å². The van der Waals surface area contributed by atoms with Gasteiger partial charge in [0.2, 0.25) is 0 Å². The van der Waals surface area contributed by atoms with Crippen LogP contribution in [0.4, 0.5) is 4.39 Å². The average molecular weight is 183 g/mol. The van der Waals surface area contributed by atoms with Crippen LogP contribution in [-0.4, -0.2) is 17.8 Å². The van der Waals surface area contributed by atoms with Gasteiger partial charge in [0.25, 0.3) is 0 Å². The molecule has 0 aliphatic carbocycles. The van der Waals surface area contributed by atoms with E-state index in [2.05, 4.69) is 0 Å². The summed E-state index contributed by atoms with van der Waals surface area (Å²) in [7, 11) is 0. The Kier molecular flexibility index (Phi) is 1.94. The van der Waals surface area contributed by atoms with Gasteiger partial charge in [0.05, 0.1) is 6.04 Å². The molecule has 3 N–H and O–H groups in total. The van der Waals surface area contributed by atoms with Crippen LogP contribution in [0.1, 0.15) is 11.6 Å². The molecule has 1 aliphatic heterocycles. The number of fused-ring (bicyclic) bond motifs is 1. The van der Waals surface area contributed by atoms with Crippen LogP contribution in [0.25, 0.3) is 0 Å². The van der Waals surface area contributed by atoms with Crippen LogP contribution < -0.4 is 10.5 Å². The second-order valence-electron chi connectivity index (χ2n) is 3.09. The molecule has 13 heavy (non-hydrogen) atoms. The average Bonchev–Trinajstić information content (AvgIpc) is 2.12. The zero-order valence-electron chi connectivity index (χ0n) is 6.90. The third kappa shape index (κ3) is 1.38. The maximum absolute atomic E-state index is 12.7. The summed E-state index contributed by atoms with van der Waals surface area (Å²) in [6.07, 6.45) is -0.710. The van der Waals surface area contributed by atoms with Crippen molar-refractivity contribution in [2.45, 2.75) is 12.1 Å². The van der Waals surface area contributed by atoms with Gasteiger partial charge in [-0.3, -0.25) is 0 Å². The van der Waals surface area contributed by atoms with Crippen LogP contribution in [0.2, 0.25) is 0 Å². The van der Waals surface area contributed by atoms with Gasteiger partial charge < -0.3 is 15.6 Å². The SMILES string of the molecule is NC1c2ccc(F)cc2OC[C@H]1O. The molecule has 1 heterocycles. The first-order chi connectivity index (χ1) is 6.18. The number of ether oxygens (including phenoxy) is 1. The van der Waals surface area contributed by atoms with Crippen LogP contribution >= 0.6 is 0 Å². The zero-order chi connectivity index (χ0) is 9.42. The smallest absolute Gasteiger partial charge is 0.127 e. The van der Waals surface area contributed by atoms with E-state index in [1.807, 2.05) is 0 Å². The van der Waals surface area contributed by atoms with E-state index < -0.39 is 12.1 Å². The molecule has 0 radical (unpaired) electrons. The Hall–Kier alpha value is -1.13. The van der Waals surface area contributed by atoms with Crippen molar-refractivity contribution in [3.8, 4) is 5.75 Å². The fourth-order valence-electron chi connectivity index (χ4n) is 1.39. The minimum Gasteiger partial charge on any atom is -0.490 e. The molecular formula is C9H10FNO2. The number of hydrogen-bond acceptors (Lipinski definition) is 3. The van der Waals surface area contributed by atoms with Crippen LogP contribution in [0.5, 0.6) is 5.75 Å². The fourth-order valence-corrected chi connectivity index (χ4v) is 1.39. The molecule has 1 aliphatic rings. The molecule has 1 unspecified atom stereocenters. The predicted octanol–water partition coefficient (Wildman–Crippen LogP) is 0.579. The number of nitrogens with two attached hydrogens (primary N) is 1. The second-order valence-corrected chi connectivity index (χ2v) is 3.09. The van der Waals surface area contributed by atoms with Crippen LogP contribution in [0.15, 0.2) is 18.2 Å². The van der Waals surface area contributed by atoms with E-state index in [1.54, 1.807) is 0 Å². The quantitative estimate of drug-likeness (QED) is 0.618. The molecule has 1 aromatic rings. The molecule has 1 aromatic carbocycles. The predicted molar refractivity (Wildman–Crippen MR) is 44.8 cm³/mol. The van der Waals surface area contributed by atoms with E-state index in [0.717, 1.165) is 0 Å². The minimum absolute atomic E-state index is 0.123. The standard InChI is InChI=1S/C9H10FNO2/c10-5-1-2-6-8(3-5)13-4-7(12)9(6)11/h1-3,7,9,12H,4,11H2/t7-,9?/m1/s1. The summed E-state index contributed by atoms with van der Waals surface area (Å²) >= 11 is 0. The maximum atomic E-state index is 12.7. The zero-order valence-corrected chi connectivity index (χ0v) is 6.90. The Balaban J connectivity index is 2.44. The van der Waals surface area contributed by atoms with E-state index in [0.29, 0.717) is 11.3 Å². The number of aliphatic hydroxyl groups is 1. The maximum Gasteiger partial charge on any atom is 0.127 e. The van der Waals surface area contributed by atoms with Gasteiger partial charge in [-0.2, -0.15) is 0 Å². The summed E-state index contributed by atoms with van der Waals surface area (Å²) in [4.78, 5) is 0. The van der Waals surface area contributed by atoms with Crippen LogP contribution in [0, 0.1) is 5.82 Å². The normalized spacial score (nSPS) is 26.4. The van der Waals surface area contributed by atoms with Crippen LogP contribution in [0.3, 0.4) is 0 Å². The molecule has 0 fully saturated rings. The fraction of sp³-hybridized carbons (Fsp3) is 0.333. The summed E-state index contributed by atoms with van der Waals surface area (Å²) in [5.74, 6) is 0.0696. The highest BCUT2D eigenvalue weighted by atomic mass is 19.1. The van der Waals surface area contributed by atoms with Gasteiger partial charge in [-0.15, -0.1) is 0 Å². The summed E-state index contributed by atoms with van der Waals surface area (Å²) in [6.45, 7) is 0.123. The summed E-state index contributed by atoms with van der Waals surface area (Å²) in [6, 6.07) is 3.64. The lowest BCUT2D eigenvalue weighted by Crippen LogP contribution is -2.35. The Labute approximate surface area is 74.9 Å². The second kappa shape index (κ2) is 2.97. The Bertz CT molecular complexity index is 329. The Morgan fingerprint density at radius 3 is 3.08 bits per heavy atom. The van der Waals surface area contributed by atoms with Gasteiger partial charge in [0, 0.05) is 11.6 Å². The molecule has 2 rings (SSSR count). The topological polar surface area (TPSA) is 55.5 Å². The highest BCUT2D eigenvalue weighted by Gasteiger charge is 2.26. The first-order valence-corrected chi connectivity index (χ1v) is 4.04. The Morgan fingerprint density at radius 2 is 2.31 bits per heavy atom. The van der Waals surface area contributed by atoms with Crippen molar-refractivity contribution >= 4 is 0 Å². The van der Waals surface area contributed by atoms with Crippen molar-refractivity contribution < 1.29 is 14.2 Å². The van der Waals surface area contributed by atoms with Gasteiger partial charge in [-0.1, -0.05) is 6.07 Å². The van der Waals surface area contributed by atoms with Gasteiger partial charge in [-0.05, 0) is 6.07 Å². The van der Waals surface area contributed by atoms with Crippen molar-refractivity contribution in [1.29, 1.82) is 0 Å². The van der Waals surface area contributed by atoms with Crippen molar-refractivity contribution in [1.82, 2.24) is 0 Å². The number of benzene rings is 1. The number of aliphatic hydroxyl groups excluding tert-OH is 1. The Morgan fingerprint density at radius 1 is 1.54 bits per heavy atom. The lowest BCUT2D eigenvalue weighted by atomic mass is 9.99. The summed E-state index contributed by atoms with van der Waals surface area (Å²) in [5, 5.41) is 9.35. The van der Waals surface area contributed by atoms with Gasteiger partial charge in [0.15, 0.2) is 0 Å². The summed E-state index contributed by atoms with van der Waals surface area (Å²) in [5.41, 5.74) is 6.34. The van der Waals surface area contributed by atoms with E-state index in [1.165, 1.54) is 18.2 Å². The van der Waals surface area contributed by atoms with Gasteiger partial charge in [-0.25, -0.2) is 4.39 Å². The molecule has 70 valence electrons. The van der Waals surface area contributed by atoms with Crippen LogP contribution in [-0.2, 0) is 0 Å². The monoisotopic (exact) mass is 183 g/mol.